The third kappa shape index (κ3) is 7.16. The van der Waals surface area contributed by atoms with Gasteiger partial charge in [-0.05, 0) is 36.6 Å². The Morgan fingerprint density at radius 1 is 0.923 bits per heavy atom. The molecule has 1 unspecified atom stereocenters. The second-order valence-electron chi connectivity index (χ2n) is 9.39. The van der Waals surface area contributed by atoms with E-state index in [9.17, 15) is 14.4 Å². The van der Waals surface area contributed by atoms with Crippen molar-refractivity contribution in [3.63, 3.8) is 0 Å². The summed E-state index contributed by atoms with van der Waals surface area (Å²) < 4.78 is 17.6. The van der Waals surface area contributed by atoms with Crippen LogP contribution in [0, 0.1) is 5.92 Å². The van der Waals surface area contributed by atoms with Crippen molar-refractivity contribution in [1.82, 2.24) is 20.4 Å². The lowest BCUT2D eigenvalue weighted by atomic mass is 10.0. The number of ether oxygens (including phenoxy) is 3. The number of methoxy groups -OCH3 is 3. The van der Waals surface area contributed by atoms with Gasteiger partial charge >= 0.3 is 5.97 Å². The zero-order valence-corrected chi connectivity index (χ0v) is 23.2. The Bertz CT molecular complexity index is 1270. The molecule has 0 bridgehead atoms. The van der Waals surface area contributed by atoms with Crippen molar-refractivity contribution in [3.8, 4) is 22.8 Å². The highest BCUT2D eigenvalue weighted by Gasteiger charge is 2.28. The molecule has 0 aliphatic rings. The SMILES string of the molecule is COC(=O)CNC(=O)[C@H](Cc1ccccc1)NC(=O)c1cc(-c2c(OC)cccc2OC)n(C(C)C(C)C)n1. The van der Waals surface area contributed by atoms with E-state index in [1.165, 1.54) is 7.11 Å². The van der Waals surface area contributed by atoms with Crippen LogP contribution in [-0.2, 0) is 20.7 Å². The molecule has 0 saturated heterocycles. The highest BCUT2D eigenvalue weighted by molar-refractivity contribution is 5.97. The number of rotatable bonds is 12. The Morgan fingerprint density at radius 2 is 1.56 bits per heavy atom. The number of carbonyl (C=O) groups excluding carboxylic acids is 3. The summed E-state index contributed by atoms with van der Waals surface area (Å²) in [5.41, 5.74) is 2.28. The van der Waals surface area contributed by atoms with Crippen molar-refractivity contribution in [2.75, 3.05) is 27.9 Å². The molecule has 2 amide bonds. The van der Waals surface area contributed by atoms with Gasteiger partial charge in [0.25, 0.3) is 5.91 Å². The largest absolute Gasteiger partial charge is 0.496 e. The van der Waals surface area contributed by atoms with Gasteiger partial charge in [0, 0.05) is 6.42 Å². The molecule has 2 N–H and O–H groups in total. The fourth-order valence-corrected chi connectivity index (χ4v) is 4.03. The Morgan fingerprint density at radius 3 is 2.13 bits per heavy atom. The maximum atomic E-state index is 13.5. The first-order valence-corrected chi connectivity index (χ1v) is 12.7. The van der Waals surface area contributed by atoms with Crippen molar-refractivity contribution in [2.24, 2.45) is 5.92 Å². The standard InChI is InChI=1S/C29H36N4O6/c1-18(2)19(3)33-23(27-24(37-4)13-10-14-25(27)38-5)16-22(32-33)29(36)31-21(15-20-11-8-7-9-12-20)28(35)30-17-26(34)39-6/h7-14,16,18-19,21H,15,17H2,1-6H3,(H,30,35)(H,31,36)/t19?,21-/m0/s1. The average Bonchev–Trinajstić information content (AvgIpc) is 3.39. The lowest BCUT2D eigenvalue weighted by molar-refractivity contribution is -0.141. The quantitative estimate of drug-likeness (QED) is 0.340. The first-order chi connectivity index (χ1) is 18.7. The summed E-state index contributed by atoms with van der Waals surface area (Å²) >= 11 is 0. The van der Waals surface area contributed by atoms with E-state index in [1.54, 1.807) is 25.0 Å². The Kier molecular flexibility index (Phi) is 10.1. The van der Waals surface area contributed by atoms with Gasteiger partial charge in [-0.15, -0.1) is 0 Å². The van der Waals surface area contributed by atoms with Gasteiger partial charge in [-0.25, -0.2) is 0 Å². The van der Waals surface area contributed by atoms with E-state index in [-0.39, 0.29) is 30.6 Å². The Balaban J connectivity index is 1.99. The van der Waals surface area contributed by atoms with E-state index in [2.05, 4.69) is 34.3 Å². The molecule has 0 fully saturated rings. The van der Waals surface area contributed by atoms with Gasteiger partial charge in [-0.2, -0.15) is 5.10 Å². The smallest absolute Gasteiger partial charge is 0.325 e. The van der Waals surface area contributed by atoms with Crippen molar-refractivity contribution >= 4 is 17.8 Å². The molecule has 0 saturated carbocycles. The van der Waals surface area contributed by atoms with Crippen LogP contribution in [-0.4, -0.2) is 61.5 Å². The fourth-order valence-electron chi connectivity index (χ4n) is 4.03. The predicted octanol–water partition coefficient (Wildman–Crippen LogP) is 3.41. The Labute approximate surface area is 228 Å². The van der Waals surface area contributed by atoms with Crippen molar-refractivity contribution in [3.05, 3.63) is 65.9 Å². The number of hydrogen-bond donors (Lipinski definition) is 2. The summed E-state index contributed by atoms with van der Waals surface area (Å²) in [5.74, 6) is -0.293. The number of aromatic nitrogens is 2. The molecule has 39 heavy (non-hydrogen) atoms. The normalized spacial score (nSPS) is 12.4. The maximum Gasteiger partial charge on any atom is 0.325 e. The van der Waals surface area contributed by atoms with Gasteiger partial charge in [-0.1, -0.05) is 50.2 Å². The van der Waals surface area contributed by atoms with E-state index in [4.69, 9.17) is 9.47 Å². The van der Waals surface area contributed by atoms with Crippen LogP contribution < -0.4 is 20.1 Å². The molecule has 3 rings (SSSR count). The molecule has 2 aromatic carbocycles. The van der Waals surface area contributed by atoms with Crippen LogP contribution >= 0.6 is 0 Å². The third-order valence-electron chi connectivity index (χ3n) is 6.54. The summed E-state index contributed by atoms with van der Waals surface area (Å²) in [6.45, 7) is 5.84. The number of amides is 2. The van der Waals surface area contributed by atoms with Crippen LogP contribution in [0.1, 0.15) is 42.9 Å². The van der Waals surface area contributed by atoms with Crippen LogP contribution in [0.25, 0.3) is 11.3 Å². The first-order valence-electron chi connectivity index (χ1n) is 12.7. The van der Waals surface area contributed by atoms with E-state index in [0.29, 0.717) is 22.8 Å². The summed E-state index contributed by atoms with van der Waals surface area (Å²) in [6.07, 6.45) is 0.218. The lowest BCUT2D eigenvalue weighted by Gasteiger charge is -2.21. The molecule has 208 valence electrons. The zero-order valence-electron chi connectivity index (χ0n) is 23.2. The van der Waals surface area contributed by atoms with Gasteiger partial charge in [-0.3, -0.25) is 19.1 Å². The Hall–Kier alpha value is -4.34. The van der Waals surface area contributed by atoms with Crippen LogP contribution in [0.15, 0.2) is 54.6 Å². The van der Waals surface area contributed by atoms with Gasteiger partial charge < -0.3 is 24.8 Å². The minimum atomic E-state index is -0.957. The lowest BCUT2D eigenvalue weighted by Crippen LogP contribution is -2.49. The third-order valence-corrected chi connectivity index (χ3v) is 6.54. The molecule has 0 spiro atoms. The van der Waals surface area contributed by atoms with Gasteiger partial charge in [0.05, 0.1) is 38.6 Å². The molecule has 0 aliphatic heterocycles. The minimum Gasteiger partial charge on any atom is -0.496 e. The molecule has 2 atom stereocenters. The number of nitrogens with zero attached hydrogens (tertiary/aromatic N) is 2. The first kappa shape index (κ1) is 29.2. The summed E-state index contributed by atoms with van der Waals surface area (Å²) in [7, 11) is 4.37. The average molecular weight is 537 g/mol. The number of hydrogen-bond acceptors (Lipinski definition) is 7. The molecular weight excluding hydrogens is 500 g/mol. The van der Waals surface area contributed by atoms with E-state index < -0.39 is 23.8 Å². The van der Waals surface area contributed by atoms with Gasteiger partial charge in [0.15, 0.2) is 5.69 Å². The topological polar surface area (TPSA) is 121 Å². The number of carbonyl (C=O) groups is 3. The molecular formula is C29H36N4O6. The number of benzene rings is 2. The second kappa shape index (κ2) is 13.5. The van der Waals surface area contributed by atoms with E-state index in [1.807, 2.05) is 55.5 Å². The van der Waals surface area contributed by atoms with Crippen LogP contribution in [0.5, 0.6) is 11.5 Å². The highest BCUT2D eigenvalue weighted by Crippen LogP contribution is 2.40. The molecule has 1 heterocycles. The number of esters is 1. The molecule has 0 aliphatic carbocycles. The summed E-state index contributed by atoms with van der Waals surface area (Å²) in [6, 6.07) is 15.4. The van der Waals surface area contributed by atoms with Crippen LogP contribution in [0.2, 0.25) is 0 Å². The van der Waals surface area contributed by atoms with Crippen LogP contribution in [0.3, 0.4) is 0 Å². The number of nitrogens with one attached hydrogen (secondary N) is 2. The molecule has 0 radical (unpaired) electrons. The minimum absolute atomic E-state index is 0.0698. The second-order valence-corrected chi connectivity index (χ2v) is 9.39. The monoisotopic (exact) mass is 536 g/mol. The molecule has 10 nitrogen and oxygen atoms in total. The van der Waals surface area contributed by atoms with Crippen LogP contribution in [0.4, 0.5) is 0 Å². The van der Waals surface area contributed by atoms with Crippen molar-refractivity contribution in [2.45, 2.75) is 39.3 Å². The highest BCUT2D eigenvalue weighted by atomic mass is 16.5. The van der Waals surface area contributed by atoms with Crippen molar-refractivity contribution < 1.29 is 28.6 Å². The molecule has 10 heteroatoms. The maximum absolute atomic E-state index is 13.5. The molecule has 1 aromatic heterocycles. The summed E-state index contributed by atoms with van der Waals surface area (Å²) in [4.78, 5) is 38.1. The van der Waals surface area contributed by atoms with Crippen molar-refractivity contribution in [1.29, 1.82) is 0 Å². The zero-order chi connectivity index (χ0) is 28.5. The fraction of sp³-hybridized carbons (Fsp3) is 0.379. The van der Waals surface area contributed by atoms with E-state index in [0.717, 1.165) is 5.56 Å². The van der Waals surface area contributed by atoms with Gasteiger partial charge in [0.1, 0.15) is 24.1 Å². The summed E-state index contributed by atoms with van der Waals surface area (Å²) in [5, 5.41) is 9.98. The van der Waals surface area contributed by atoms with E-state index >= 15 is 0 Å². The predicted molar refractivity (Wildman–Crippen MR) is 147 cm³/mol. The molecule has 3 aromatic rings. The van der Waals surface area contributed by atoms with Gasteiger partial charge in [0.2, 0.25) is 5.91 Å².